The molecule has 1 amide bonds. The molecule has 0 aliphatic rings. The molecule has 0 unspecified atom stereocenters. The number of aromatic nitrogens is 1. The van der Waals surface area contributed by atoms with E-state index in [1.165, 1.54) is 29.5 Å². The number of ether oxygens (including phenoxy) is 2. The average molecular weight is 458 g/mol. The molecule has 0 N–H and O–H groups in total. The van der Waals surface area contributed by atoms with Crippen LogP contribution in [0.4, 0.5) is 9.52 Å². The van der Waals surface area contributed by atoms with E-state index in [1.807, 2.05) is 12.1 Å². The monoisotopic (exact) mass is 457 g/mol. The first kappa shape index (κ1) is 23.7. The van der Waals surface area contributed by atoms with Crippen LogP contribution in [0, 0.1) is 5.82 Å². The minimum atomic E-state index is -0.318. The summed E-state index contributed by atoms with van der Waals surface area (Å²) >= 11 is 1.31. The van der Waals surface area contributed by atoms with E-state index in [-0.39, 0.29) is 11.7 Å². The summed E-state index contributed by atoms with van der Waals surface area (Å²) in [5.41, 5.74) is 1.49. The number of fused-ring (bicyclic) bond motifs is 1. The predicted molar refractivity (Wildman–Crippen MR) is 128 cm³/mol. The van der Waals surface area contributed by atoms with Gasteiger partial charge in [-0.1, -0.05) is 31.3 Å². The van der Waals surface area contributed by atoms with E-state index in [0.29, 0.717) is 39.9 Å². The Bertz CT molecular complexity index is 1100. The maximum Gasteiger partial charge on any atom is 0.252 e. The molecular weight excluding hydrogens is 429 g/mol. The Labute approximate surface area is 191 Å². The summed E-state index contributed by atoms with van der Waals surface area (Å²) in [4.78, 5) is 21.7. The molecule has 3 aromatic rings. The first-order valence-corrected chi connectivity index (χ1v) is 11.3. The molecule has 0 saturated heterocycles. The fourth-order valence-electron chi connectivity index (χ4n) is 3.30. The smallest absolute Gasteiger partial charge is 0.252 e. The predicted octanol–water partition coefficient (Wildman–Crippen LogP) is 4.84. The number of carbonyl (C=O) groups excluding carboxylic acids is 1. The summed E-state index contributed by atoms with van der Waals surface area (Å²) in [6.45, 7) is 7.17. The molecule has 0 saturated carbocycles. The fourth-order valence-corrected chi connectivity index (χ4v) is 4.32. The third-order valence-corrected chi connectivity index (χ3v) is 6.24. The Morgan fingerprint density at radius 2 is 1.81 bits per heavy atom. The summed E-state index contributed by atoms with van der Waals surface area (Å²) in [7, 11) is 3.15. The number of benzene rings is 2. The minimum absolute atomic E-state index is 0.188. The highest BCUT2D eigenvalue weighted by Gasteiger charge is 2.19. The molecule has 0 radical (unpaired) electrons. The molecule has 1 aromatic heterocycles. The van der Waals surface area contributed by atoms with E-state index in [2.05, 4.69) is 23.7 Å². The Morgan fingerprint density at radius 1 is 1.06 bits per heavy atom. The van der Waals surface area contributed by atoms with Crippen molar-refractivity contribution in [2.75, 3.05) is 45.3 Å². The van der Waals surface area contributed by atoms with Crippen LogP contribution in [0.25, 0.3) is 16.3 Å². The number of anilines is 1. The maximum absolute atomic E-state index is 13.6. The van der Waals surface area contributed by atoms with Gasteiger partial charge >= 0.3 is 0 Å². The number of carbonyl (C=O) groups is 1. The number of halogens is 1. The zero-order chi connectivity index (χ0) is 23.1. The van der Waals surface area contributed by atoms with Gasteiger partial charge in [0.1, 0.15) is 5.82 Å². The normalized spacial score (nSPS) is 11.4. The molecule has 1 heterocycles. The van der Waals surface area contributed by atoms with E-state index in [1.54, 1.807) is 37.3 Å². The SMILES string of the molecule is CCN(CC)CCN(C(=O)C=Cc1ccc(OC)c(OC)c1)c1nc2ccc(F)cc2s1. The van der Waals surface area contributed by atoms with Crippen molar-refractivity contribution in [3.63, 3.8) is 0 Å². The quantitative estimate of drug-likeness (QED) is 0.408. The summed E-state index contributed by atoms with van der Waals surface area (Å²) in [5, 5.41) is 0.555. The lowest BCUT2D eigenvalue weighted by Crippen LogP contribution is -2.38. The highest BCUT2D eigenvalue weighted by molar-refractivity contribution is 7.22. The molecule has 6 nitrogen and oxygen atoms in total. The molecule has 32 heavy (non-hydrogen) atoms. The Morgan fingerprint density at radius 3 is 2.50 bits per heavy atom. The molecule has 8 heteroatoms. The second-order valence-electron chi connectivity index (χ2n) is 7.07. The first-order valence-electron chi connectivity index (χ1n) is 10.5. The topological polar surface area (TPSA) is 54.9 Å². The molecule has 0 bridgehead atoms. The third-order valence-electron chi connectivity index (χ3n) is 5.20. The van der Waals surface area contributed by atoms with Crippen molar-refractivity contribution in [3.05, 3.63) is 53.9 Å². The average Bonchev–Trinajstić information content (AvgIpc) is 3.22. The number of rotatable bonds is 10. The largest absolute Gasteiger partial charge is 0.493 e. The number of likely N-dealkylation sites (N-methyl/N-ethyl adjacent to an activating group) is 1. The van der Waals surface area contributed by atoms with Gasteiger partial charge in [-0.25, -0.2) is 9.37 Å². The van der Waals surface area contributed by atoms with Crippen molar-refractivity contribution in [3.8, 4) is 11.5 Å². The lowest BCUT2D eigenvalue weighted by atomic mass is 10.2. The van der Waals surface area contributed by atoms with E-state index in [9.17, 15) is 9.18 Å². The molecule has 0 fully saturated rings. The molecule has 170 valence electrons. The molecule has 2 aromatic carbocycles. The van der Waals surface area contributed by atoms with Crippen LogP contribution in [0.5, 0.6) is 11.5 Å². The van der Waals surface area contributed by atoms with Gasteiger partial charge in [-0.15, -0.1) is 0 Å². The Balaban J connectivity index is 1.87. The number of amides is 1. The highest BCUT2D eigenvalue weighted by atomic mass is 32.1. The molecule has 0 atom stereocenters. The summed E-state index contributed by atoms with van der Waals surface area (Å²) < 4.78 is 24.9. The van der Waals surface area contributed by atoms with Gasteiger partial charge in [-0.05, 0) is 55.1 Å². The van der Waals surface area contributed by atoms with Gasteiger partial charge in [0, 0.05) is 19.2 Å². The number of thiazole rings is 1. The zero-order valence-electron chi connectivity index (χ0n) is 18.8. The molecular formula is C24H28FN3O3S. The van der Waals surface area contributed by atoms with E-state index in [0.717, 1.165) is 18.7 Å². The number of hydrogen-bond donors (Lipinski definition) is 0. The van der Waals surface area contributed by atoms with Gasteiger partial charge in [-0.3, -0.25) is 9.69 Å². The van der Waals surface area contributed by atoms with Crippen LogP contribution in [-0.4, -0.2) is 56.2 Å². The zero-order valence-corrected chi connectivity index (χ0v) is 19.6. The Kier molecular flexibility index (Phi) is 8.19. The fraction of sp³-hybridized carbons (Fsp3) is 0.333. The second-order valence-corrected chi connectivity index (χ2v) is 8.08. The first-order chi connectivity index (χ1) is 15.5. The van der Waals surface area contributed by atoms with Crippen LogP contribution in [0.2, 0.25) is 0 Å². The maximum atomic E-state index is 13.6. The lowest BCUT2D eigenvalue weighted by Gasteiger charge is -2.23. The summed E-state index contributed by atoms with van der Waals surface area (Å²) in [6.07, 6.45) is 3.26. The highest BCUT2D eigenvalue weighted by Crippen LogP contribution is 2.30. The van der Waals surface area contributed by atoms with Gasteiger partial charge in [-0.2, -0.15) is 0 Å². The van der Waals surface area contributed by atoms with Crippen LogP contribution >= 0.6 is 11.3 Å². The summed E-state index contributed by atoms with van der Waals surface area (Å²) in [5.74, 6) is 0.709. The van der Waals surface area contributed by atoms with Crippen molar-refractivity contribution in [2.24, 2.45) is 0 Å². The van der Waals surface area contributed by atoms with Crippen molar-refractivity contribution in [1.29, 1.82) is 0 Å². The van der Waals surface area contributed by atoms with Gasteiger partial charge in [0.15, 0.2) is 16.6 Å². The lowest BCUT2D eigenvalue weighted by molar-refractivity contribution is -0.114. The molecule has 3 rings (SSSR count). The van der Waals surface area contributed by atoms with Gasteiger partial charge in [0.05, 0.1) is 24.4 Å². The standard InChI is InChI=1S/C24H28FN3O3S/c1-5-27(6-2)13-14-28(24-26-19-10-9-18(25)16-22(19)32-24)23(29)12-8-17-7-11-20(30-3)21(15-17)31-4/h7-12,15-16H,5-6,13-14H2,1-4H3. The van der Waals surface area contributed by atoms with Crippen molar-refractivity contribution < 1.29 is 18.7 Å². The van der Waals surface area contributed by atoms with Crippen LogP contribution in [0.3, 0.4) is 0 Å². The van der Waals surface area contributed by atoms with E-state index in [4.69, 9.17) is 9.47 Å². The summed E-state index contributed by atoms with van der Waals surface area (Å²) in [6, 6.07) is 9.92. The van der Waals surface area contributed by atoms with Gasteiger partial charge < -0.3 is 14.4 Å². The molecule has 0 aliphatic carbocycles. The Hall–Kier alpha value is -2.97. The van der Waals surface area contributed by atoms with E-state index < -0.39 is 0 Å². The van der Waals surface area contributed by atoms with E-state index >= 15 is 0 Å². The number of methoxy groups -OCH3 is 2. The number of hydrogen-bond acceptors (Lipinski definition) is 6. The van der Waals surface area contributed by atoms with Gasteiger partial charge in [0.2, 0.25) is 0 Å². The molecule has 0 spiro atoms. The van der Waals surface area contributed by atoms with Gasteiger partial charge in [0.25, 0.3) is 5.91 Å². The van der Waals surface area contributed by atoms with Crippen LogP contribution < -0.4 is 14.4 Å². The van der Waals surface area contributed by atoms with Crippen molar-refractivity contribution >= 4 is 38.7 Å². The number of nitrogens with zero attached hydrogens (tertiary/aromatic N) is 3. The van der Waals surface area contributed by atoms with Crippen LogP contribution in [0.15, 0.2) is 42.5 Å². The van der Waals surface area contributed by atoms with Crippen molar-refractivity contribution in [2.45, 2.75) is 13.8 Å². The van der Waals surface area contributed by atoms with Crippen LogP contribution in [0.1, 0.15) is 19.4 Å². The van der Waals surface area contributed by atoms with Crippen LogP contribution in [-0.2, 0) is 4.79 Å². The van der Waals surface area contributed by atoms with Crippen molar-refractivity contribution in [1.82, 2.24) is 9.88 Å². The third kappa shape index (κ3) is 5.63. The minimum Gasteiger partial charge on any atom is -0.493 e. The second kappa shape index (κ2) is 11.1. The molecule has 0 aliphatic heterocycles.